The minimum atomic E-state index is -3.16. The van der Waals surface area contributed by atoms with Crippen molar-refractivity contribution in [1.29, 1.82) is 0 Å². The molecule has 3 fully saturated rings. The Bertz CT molecular complexity index is 561. The number of esters is 1. The first-order valence-corrected chi connectivity index (χ1v) is 11.1. The van der Waals surface area contributed by atoms with E-state index in [0.717, 1.165) is 38.5 Å². The highest BCUT2D eigenvalue weighted by Gasteiger charge is 2.50. The predicted octanol–water partition coefficient (Wildman–Crippen LogP) is 4.37. The molecule has 29 heavy (non-hydrogen) atoms. The van der Waals surface area contributed by atoms with Gasteiger partial charge in [0.05, 0.1) is 12.5 Å². The lowest BCUT2D eigenvalue weighted by Crippen LogP contribution is -2.33. The van der Waals surface area contributed by atoms with Gasteiger partial charge in [-0.1, -0.05) is 38.3 Å². The van der Waals surface area contributed by atoms with Crippen LogP contribution in [0.4, 0.5) is 8.78 Å². The number of halogens is 2. The molecule has 5 unspecified atom stereocenters. The molecule has 166 valence electrons. The molecular weight excluding hydrogens is 382 g/mol. The number of aliphatic hydroxyl groups is 1. The molecule has 2 aliphatic heterocycles. The molecule has 1 N–H and O–H groups in total. The van der Waals surface area contributed by atoms with E-state index in [0.29, 0.717) is 19.4 Å². The first kappa shape index (κ1) is 22.6. The van der Waals surface area contributed by atoms with Crippen LogP contribution in [0.2, 0.25) is 0 Å². The number of rotatable bonds is 10. The normalized spacial score (nSPS) is 33.8. The fourth-order valence-corrected chi connectivity index (χ4v) is 4.63. The second-order valence-corrected chi connectivity index (χ2v) is 8.58. The monoisotopic (exact) mass is 416 g/mol. The van der Waals surface area contributed by atoms with Crippen LogP contribution < -0.4 is 0 Å². The third-order valence-corrected chi connectivity index (χ3v) is 6.33. The van der Waals surface area contributed by atoms with Crippen LogP contribution in [0.3, 0.4) is 0 Å². The second-order valence-electron chi connectivity index (χ2n) is 8.58. The fraction of sp³-hybridized carbons (Fsp3) is 0.864. The number of alkyl halides is 2. The van der Waals surface area contributed by atoms with Crippen LogP contribution in [-0.2, 0) is 19.0 Å². The summed E-state index contributed by atoms with van der Waals surface area (Å²) in [5, 5.41) is 10.1. The van der Waals surface area contributed by atoms with Crippen molar-refractivity contribution in [2.75, 3.05) is 6.61 Å². The van der Waals surface area contributed by atoms with Crippen molar-refractivity contribution in [3.63, 3.8) is 0 Å². The molecule has 2 saturated heterocycles. The van der Waals surface area contributed by atoms with Crippen molar-refractivity contribution in [3.05, 3.63) is 12.2 Å². The SMILES string of the molecule is CCCCCCC(F)(F)C(O)C=C[C@H]1C(OC2CCCCO2)CC2OC(=O)CC21. The second kappa shape index (κ2) is 10.3. The molecule has 2 heterocycles. The van der Waals surface area contributed by atoms with E-state index >= 15 is 0 Å². The summed E-state index contributed by atoms with van der Waals surface area (Å²) in [6.07, 6.45) is 6.50. The number of fused-ring (bicyclic) bond motifs is 1. The molecule has 6 atom stereocenters. The Morgan fingerprint density at radius 3 is 2.86 bits per heavy atom. The van der Waals surface area contributed by atoms with Crippen LogP contribution in [0.15, 0.2) is 12.2 Å². The molecule has 3 aliphatic rings. The fourth-order valence-electron chi connectivity index (χ4n) is 4.63. The topological polar surface area (TPSA) is 65.0 Å². The van der Waals surface area contributed by atoms with Crippen molar-refractivity contribution in [2.24, 2.45) is 11.8 Å². The van der Waals surface area contributed by atoms with E-state index in [2.05, 4.69) is 0 Å². The quantitative estimate of drug-likeness (QED) is 0.325. The maximum atomic E-state index is 14.3. The van der Waals surface area contributed by atoms with Crippen LogP contribution in [0.5, 0.6) is 0 Å². The molecular formula is C22H34F2O5. The van der Waals surface area contributed by atoms with Crippen molar-refractivity contribution in [3.8, 4) is 0 Å². The zero-order valence-corrected chi connectivity index (χ0v) is 17.2. The lowest BCUT2D eigenvalue weighted by Gasteiger charge is -2.29. The molecule has 0 bridgehead atoms. The molecule has 0 aromatic carbocycles. The van der Waals surface area contributed by atoms with Crippen LogP contribution in [0.1, 0.15) is 71.1 Å². The lowest BCUT2D eigenvalue weighted by atomic mass is 9.90. The summed E-state index contributed by atoms with van der Waals surface area (Å²) in [5.74, 6) is -3.76. The Labute approximate surface area is 171 Å². The molecule has 0 aromatic rings. The standard InChI is InChI=1S/C22H34F2O5/c1-2-3-4-6-11-22(23,24)19(25)10-9-15-16-13-20(26)28-18(16)14-17(15)29-21-8-5-7-12-27-21/h9-10,15-19,21,25H,2-8,11-14H2,1H3/t15-,16?,17?,18?,19?,21?/m1/s1. The minimum absolute atomic E-state index is 0.0993. The minimum Gasteiger partial charge on any atom is -0.462 e. The van der Waals surface area contributed by atoms with E-state index < -0.39 is 12.0 Å². The van der Waals surface area contributed by atoms with Gasteiger partial charge in [-0.25, -0.2) is 8.78 Å². The molecule has 1 aliphatic carbocycles. The molecule has 0 spiro atoms. The number of carbonyl (C=O) groups is 1. The summed E-state index contributed by atoms with van der Waals surface area (Å²) in [5.41, 5.74) is 0. The number of carbonyl (C=O) groups excluding carboxylic acids is 1. The van der Waals surface area contributed by atoms with Gasteiger partial charge in [0.2, 0.25) is 0 Å². The number of hydrogen-bond acceptors (Lipinski definition) is 5. The van der Waals surface area contributed by atoms with Gasteiger partial charge in [0.25, 0.3) is 5.92 Å². The van der Waals surface area contributed by atoms with Crippen LogP contribution in [-0.4, -0.2) is 48.2 Å². The van der Waals surface area contributed by atoms with Crippen molar-refractivity contribution < 1.29 is 32.9 Å². The zero-order valence-electron chi connectivity index (χ0n) is 17.2. The summed E-state index contributed by atoms with van der Waals surface area (Å²) in [6, 6.07) is 0. The average molecular weight is 417 g/mol. The summed E-state index contributed by atoms with van der Waals surface area (Å²) in [6.45, 7) is 2.68. The average Bonchev–Trinajstić information content (AvgIpc) is 3.19. The van der Waals surface area contributed by atoms with E-state index in [1.807, 2.05) is 6.92 Å². The lowest BCUT2D eigenvalue weighted by molar-refractivity contribution is -0.194. The summed E-state index contributed by atoms with van der Waals surface area (Å²) >= 11 is 0. The Kier molecular flexibility index (Phi) is 8.05. The van der Waals surface area contributed by atoms with Crippen molar-refractivity contribution >= 4 is 5.97 Å². The third-order valence-electron chi connectivity index (χ3n) is 6.33. The van der Waals surface area contributed by atoms with Gasteiger partial charge in [-0.15, -0.1) is 0 Å². The molecule has 5 nitrogen and oxygen atoms in total. The summed E-state index contributed by atoms with van der Waals surface area (Å²) < 4.78 is 45.7. The summed E-state index contributed by atoms with van der Waals surface area (Å²) in [4.78, 5) is 11.7. The van der Waals surface area contributed by atoms with Gasteiger partial charge in [0.15, 0.2) is 6.29 Å². The van der Waals surface area contributed by atoms with Crippen LogP contribution in [0.25, 0.3) is 0 Å². The van der Waals surface area contributed by atoms with E-state index in [9.17, 15) is 18.7 Å². The number of hydrogen-bond donors (Lipinski definition) is 1. The van der Waals surface area contributed by atoms with Crippen molar-refractivity contribution in [1.82, 2.24) is 0 Å². The van der Waals surface area contributed by atoms with Gasteiger partial charge in [-0.2, -0.15) is 0 Å². The Balaban J connectivity index is 1.61. The maximum Gasteiger partial charge on any atom is 0.306 e. The van der Waals surface area contributed by atoms with Gasteiger partial charge in [0.1, 0.15) is 12.2 Å². The van der Waals surface area contributed by atoms with E-state index in [1.54, 1.807) is 6.08 Å². The molecule has 1 saturated carbocycles. The first-order chi connectivity index (χ1) is 13.9. The molecule has 7 heteroatoms. The van der Waals surface area contributed by atoms with E-state index in [-0.39, 0.29) is 49.1 Å². The highest BCUT2D eigenvalue weighted by molar-refractivity contribution is 5.72. The number of ether oxygens (including phenoxy) is 3. The molecule has 0 radical (unpaired) electrons. The Morgan fingerprint density at radius 2 is 2.14 bits per heavy atom. The highest BCUT2D eigenvalue weighted by Crippen LogP contribution is 2.44. The summed E-state index contributed by atoms with van der Waals surface area (Å²) in [7, 11) is 0. The third kappa shape index (κ3) is 5.98. The van der Waals surface area contributed by atoms with Gasteiger partial charge < -0.3 is 19.3 Å². The first-order valence-electron chi connectivity index (χ1n) is 11.1. The largest absolute Gasteiger partial charge is 0.462 e. The van der Waals surface area contributed by atoms with Crippen molar-refractivity contribution in [2.45, 2.75) is 102 Å². The van der Waals surface area contributed by atoms with E-state index in [4.69, 9.17) is 14.2 Å². The zero-order chi connectivity index (χ0) is 20.9. The predicted molar refractivity (Wildman–Crippen MR) is 103 cm³/mol. The van der Waals surface area contributed by atoms with Gasteiger partial charge in [-0.05, 0) is 25.7 Å². The highest BCUT2D eigenvalue weighted by atomic mass is 19.3. The number of aliphatic hydroxyl groups excluding tert-OH is 1. The molecule has 0 aromatic heterocycles. The van der Waals surface area contributed by atoms with E-state index in [1.165, 1.54) is 6.08 Å². The molecule has 3 rings (SSSR count). The number of unbranched alkanes of at least 4 members (excludes halogenated alkanes) is 3. The van der Waals surface area contributed by atoms with Crippen LogP contribution in [0, 0.1) is 11.8 Å². The Hall–Kier alpha value is -1.05. The van der Waals surface area contributed by atoms with Crippen LogP contribution >= 0.6 is 0 Å². The smallest absolute Gasteiger partial charge is 0.306 e. The van der Waals surface area contributed by atoms with Gasteiger partial charge in [0, 0.05) is 31.3 Å². The molecule has 0 amide bonds. The van der Waals surface area contributed by atoms with Gasteiger partial charge >= 0.3 is 5.97 Å². The Morgan fingerprint density at radius 1 is 1.31 bits per heavy atom. The maximum absolute atomic E-state index is 14.3. The van der Waals surface area contributed by atoms with Gasteiger partial charge in [-0.3, -0.25) is 4.79 Å².